The van der Waals surface area contributed by atoms with Gasteiger partial charge in [-0.05, 0) is 57.4 Å². The van der Waals surface area contributed by atoms with Crippen LogP contribution in [0.1, 0.15) is 61.5 Å². The number of aryl methyl sites for hydroxylation is 1. The molecule has 2 aliphatic rings. The fraction of sp³-hybridized carbons (Fsp3) is 0.481. The second-order valence-corrected chi connectivity index (χ2v) is 10.0. The Morgan fingerprint density at radius 3 is 2.41 bits per heavy atom. The number of hydrogen-bond donors (Lipinski definition) is 3. The standard InChI is InChI=1S/C27H32FN5O4/c1-14-23(27(35)33-18-8-6-17(7-9-18)32-15(2)34)25-26(31-14)24(29-13-30-25)19-10-20(28)22(36-3)11-21(19)37-12-16-4-5-16/h10-11,13,16-18,31H,4-9,12H2,1-3H3,(H,32,34)(H,33,35). The fourth-order valence-electron chi connectivity index (χ4n) is 5.02. The molecule has 0 aliphatic heterocycles. The van der Waals surface area contributed by atoms with Crippen molar-refractivity contribution in [3.05, 3.63) is 35.5 Å². The first kappa shape index (κ1) is 25.0. The van der Waals surface area contributed by atoms with Crippen molar-refractivity contribution in [1.29, 1.82) is 0 Å². The maximum absolute atomic E-state index is 14.8. The first-order chi connectivity index (χ1) is 17.8. The van der Waals surface area contributed by atoms with Crippen LogP contribution in [0.2, 0.25) is 0 Å². The molecule has 0 unspecified atom stereocenters. The van der Waals surface area contributed by atoms with Gasteiger partial charge in [-0.15, -0.1) is 0 Å². The van der Waals surface area contributed by atoms with Crippen molar-refractivity contribution < 1.29 is 23.5 Å². The number of halogens is 1. The highest BCUT2D eigenvalue weighted by molar-refractivity contribution is 6.09. The Hall–Kier alpha value is -3.69. The number of nitrogens with one attached hydrogen (secondary N) is 3. The molecule has 0 atom stereocenters. The number of nitrogens with zero attached hydrogens (tertiary/aromatic N) is 2. The second-order valence-electron chi connectivity index (χ2n) is 10.0. The average Bonchev–Trinajstić information content (AvgIpc) is 3.63. The summed E-state index contributed by atoms with van der Waals surface area (Å²) in [6, 6.07) is 3.06. The van der Waals surface area contributed by atoms with E-state index in [-0.39, 0.29) is 29.6 Å². The molecule has 0 saturated heterocycles. The van der Waals surface area contributed by atoms with Gasteiger partial charge in [0.1, 0.15) is 23.3 Å². The first-order valence-corrected chi connectivity index (χ1v) is 12.8. The summed E-state index contributed by atoms with van der Waals surface area (Å²) in [4.78, 5) is 36.8. The number of hydrogen-bond acceptors (Lipinski definition) is 6. The van der Waals surface area contributed by atoms with E-state index in [0.29, 0.717) is 51.8 Å². The van der Waals surface area contributed by atoms with Gasteiger partial charge in [0.2, 0.25) is 5.91 Å². The third kappa shape index (κ3) is 5.38. The molecule has 3 aromatic rings. The third-order valence-corrected chi connectivity index (χ3v) is 7.15. The van der Waals surface area contributed by atoms with Crippen molar-refractivity contribution >= 4 is 22.8 Å². The van der Waals surface area contributed by atoms with Crippen LogP contribution in [-0.2, 0) is 4.79 Å². The van der Waals surface area contributed by atoms with E-state index < -0.39 is 5.82 Å². The van der Waals surface area contributed by atoms with Crippen LogP contribution in [0.15, 0.2) is 18.5 Å². The molecule has 2 amide bonds. The highest BCUT2D eigenvalue weighted by Crippen LogP contribution is 2.39. The normalized spacial score (nSPS) is 19.5. The van der Waals surface area contributed by atoms with Gasteiger partial charge in [-0.1, -0.05) is 0 Å². The lowest BCUT2D eigenvalue weighted by molar-refractivity contribution is -0.119. The second kappa shape index (κ2) is 10.4. The van der Waals surface area contributed by atoms with Gasteiger partial charge >= 0.3 is 0 Å². The molecule has 196 valence electrons. The van der Waals surface area contributed by atoms with Gasteiger partial charge in [-0.25, -0.2) is 14.4 Å². The van der Waals surface area contributed by atoms with Gasteiger partial charge in [0, 0.05) is 36.3 Å². The van der Waals surface area contributed by atoms with E-state index >= 15 is 0 Å². The Morgan fingerprint density at radius 2 is 1.76 bits per heavy atom. The summed E-state index contributed by atoms with van der Waals surface area (Å²) in [6.07, 6.45) is 6.82. The number of carbonyl (C=O) groups excluding carboxylic acids is 2. The van der Waals surface area contributed by atoms with Gasteiger partial charge in [0.05, 0.1) is 24.8 Å². The number of benzene rings is 1. The molecule has 5 rings (SSSR count). The van der Waals surface area contributed by atoms with Gasteiger partial charge in [0.15, 0.2) is 11.6 Å². The highest BCUT2D eigenvalue weighted by Gasteiger charge is 2.28. The molecule has 2 saturated carbocycles. The van der Waals surface area contributed by atoms with E-state index in [1.54, 1.807) is 6.07 Å². The van der Waals surface area contributed by atoms with Crippen LogP contribution in [0, 0.1) is 18.7 Å². The maximum Gasteiger partial charge on any atom is 0.255 e. The predicted octanol–water partition coefficient (Wildman–Crippen LogP) is 4.05. The Labute approximate surface area is 214 Å². The minimum absolute atomic E-state index is 0.0151. The number of rotatable bonds is 8. The topological polar surface area (TPSA) is 118 Å². The summed E-state index contributed by atoms with van der Waals surface area (Å²) in [6.45, 7) is 3.87. The molecule has 0 radical (unpaired) electrons. The lowest BCUT2D eigenvalue weighted by atomic mass is 9.91. The Kier molecular flexibility index (Phi) is 6.99. The molecule has 9 nitrogen and oxygen atoms in total. The summed E-state index contributed by atoms with van der Waals surface area (Å²) in [5.74, 6) is 0.290. The van der Waals surface area contributed by atoms with Crippen molar-refractivity contribution in [2.75, 3.05) is 13.7 Å². The average molecular weight is 510 g/mol. The number of ether oxygens (including phenoxy) is 2. The molecule has 10 heteroatoms. The summed E-state index contributed by atoms with van der Waals surface area (Å²) in [5, 5.41) is 6.08. The van der Waals surface area contributed by atoms with E-state index in [1.165, 1.54) is 26.4 Å². The van der Waals surface area contributed by atoms with E-state index in [1.807, 2.05) is 6.92 Å². The minimum atomic E-state index is -0.529. The predicted molar refractivity (Wildman–Crippen MR) is 136 cm³/mol. The molecule has 1 aromatic carbocycles. The molecule has 0 spiro atoms. The van der Waals surface area contributed by atoms with Crippen LogP contribution in [0.4, 0.5) is 4.39 Å². The zero-order valence-corrected chi connectivity index (χ0v) is 21.3. The van der Waals surface area contributed by atoms with Gasteiger partial charge in [0.25, 0.3) is 5.91 Å². The van der Waals surface area contributed by atoms with Crippen molar-refractivity contribution in [3.8, 4) is 22.8 Å². The summed E-state index contributed by atoms with van der Waals surface area (Å²) < 4.78 is 26.0. The SMILES string of the molecule is COc1cc(OCC2CC2)c(-c2ncnc3c(C(=O)NC4CCC(NC(C)=O)CC4)c(C)[nH]c23)cc1F. The molecule has 2 aromatic heterocycles. The fourth-order valence-corrected chi connectivity index (χ4v) is 5.02. The number of aromatic nitrogens is 3. The number of fused-ring (bicyclic) bond motifs is 1. The van der Waals surface area contributed by atoms with Crippen molar-refractivity contribution in [1.82, 2.24) is 25.6 Å². The van der Waals surface area contributed by atoms with E-state index in [9.17, 15) is 14.0 Å². The van der Waals surface area contributed by atoms with E-state index in [4.69, 9.17) is 9.47 Å². The number of aromatic amines is 1. The minimum Gasteiger partial charge on any atom is -0.494 e. The Bertz CT molecular complexity index is 1330. The monoisotopic (exact) mass is 509 g/mol. The lowest BCUT2D eigenvalue weighted by Gasteiger charge is -2.29. The molecular weight excluding hydrogens is 477 g/mol. The van der Waals surface area contributed by atoms with Gasteiger partial charge in [-0.3, -0.25) is 9.59 Å². The van der Waals surface area contributed by atoms with E-state index in [2.05, 4.69) is 25.6 Å². The van der Waals surface area contributed by atoms with Crippen LogP contribution in [0.5, 0.6) is 11.5 Å². The van der Waals surface area contributed by atoms with Crippen molar-refractivity contribution in [2.45, 2.75) is 64.5 Å². The number of amides is 2. The Balaban J connectivity index is 1.43. The molecular formula is C27H32FN5O4. The van der Waals surface area contributed by atoms with Crippen LogP contribution in [0.3, 0.4) is 0 Å². The van der Waals surface area contributed by atoms with Crippen molar-refractivity contribution in [2.24, 2.45) is 5.92 Å². The molecule has 2 aliphatic carbocycles. The van der Waals surface area contributed by atoms with Crippen LogP contribution < -0.4 is 20.1 Å². The Morgan fingerprint density at radius 1 is 1.05 bits per heavy atom. The molecule has 2 fully saturated rings. The summed E-state index contributed by atoms with van der Waals surface area (Å²) in [5.41, 5.74) is 3.02. The number of carbonyl (C=O) groups is 2. The zero-order valence-electron chi connectivity index (χ0n) is 21.3. The molecule has 37 heavy (non-hydrogen) atoms. The molecule has 3 N–H and O–H groups in total. The smallest absolute Gasteiger partial charge is 0.255 e. The van der Waals surface area contributed by atoms with Crippen LogP contribution in [0.25, 0.3) is 22.3 Å². The zero-order chi connectivity index (χ0) is 26.1. The third-order valence-electron chi connectivity index (χ3n) is 7.15. The molecule has 2 heterocycles. The molecule has 0 bridgehead atoms. The lowest BCUT2D eigenvalue weighted by Crippen LogP contribution is -2.43. The highest BCUT2D eigenvalue weighted by atomic mass is 19.1. The quantitative estimate of drug-likeness (QED) is 0.422. The van der Waals surface area contributed by atoms with Gasteiger partial charge in [-0.2, -0.15) is 0 Å². The van der Waals surface area contributed by atoms with Crippen LogP contribution >= 0.6 is 0 Å². The first-order valence-electron chi connectivity index (χ1n) is 12.8. The maximum atomic E-state index is 14.8. The van der Waals surface area contributed by atoms with Crippen molar-refractivity contribution in [3.63, 3.8) is 0 Å². The largest absolute Gasteiger partial charge is 0.494 e. The van der Waals surface area contributed by atoms with Gasteiger partial charge < -0.3 is 25.1 Å². The summed E-state index contributed by atoms with van der Waals surface area (Å²) in [7, 11) is 1.41. The van der Waals surface area contributed by atoms with Crippen LogP contribution in [-0.4, -0.2) is 52.6 Å². The van der Waals surface area contributed by atoms with E-state index in [0.717, 1.165) is 38.5 Å². The number of methoxy groups -OCH3 is 1. The summed E-state index contributed by atoms with van der Waals surface area (Å²) >= 11 is 0. The number of H-pyrrole nitrogens is 1.